The normalized spacial score (nSPS) is 15.0. The maximum atomic E-state index is 13.2. The molecule has 0 spiro atoms. The summed E-state index contributed by atoms with van der Waals surface area (Å²) in [6.07, 6.45) is 4.73. The van der Waals surface area contributed by atoms with Crippen molar-refractivity contribution in [2.75, 3.05) is 23.3 Å². The molecule has 24 heavy (non-hydrogen) atoms. The monoisotopic (exact) mass is 332 g/mol. The number of carbonyl (C=O) groups is 1. The maximum absolute atomic E-state index is 13.2. The summed E-state index contributed by atoms with van der Waals surface area (Å²) in [6.45, 7) is 1.91. The van der Waals surface area contributed by atoms with E-state index in [9.17, 15) is 13.6 Å². The molecule has 0 unspecified atom stereocenters. The fourth-order valence-corrected chi connectivity index (χ4v) is 2.69. The van der Waals surface area contributed by atoms with Gasteiger partial charge in [0.2, 0.25) is 0 Å². The zero-order valence-corrected chi connectivity index (χ0v) is 13.1. The molecule has 0 atom stereocenters. The Hall–Kier alpha value is -2.57. The third kappa shape index (κ3) is 3.84. The van der Waals surface area contributed by atoms with Crippen molar-refractivity contribution >= 4 is 17.5 Å². The lowest BCUT2D eigenvalue weighted by Gasteiger charge is -2.20. The number of hydrogen-bond donors (Lipinski definition) is 1. The van der Waals surface area contributed by atoms with Crippen LogP contribution in [0.15, 0.2) is 30.3 Å². The average Bonchev–Trinajstić information content (AvgIpc) is 2.87. The summed E-state index contributed by atoms with van der Waals surface area (Å²) in [6, 6.07) is 6.44. The van der Waals surface area contributed by atoms with E-state index < -0.39 is 17.5 Å². The van der Waals surface area contributed by atoms with Crippen LogP contribution in [0.4, 0.5) is 20.4 Å². The van der Waals surface area contributed by atoms with E-state index in [-0.39, 0.29) is 11.4 Å². The molecule has 0 radical (unpaired) electrons. The van der Waals surface area contributed by atoms with Crippen LogP contribution in [-0.4, -0.2) is 29.2 Å². The number of hydrogen-bond acceptors (Lipinski definition) is 4. The molecule has 0 saturated carbocycles. The summed E-state index contributed by atoms with van der Waals surface area (Å²) in [4.78, 5) is 14.2. The van der Waals surface area contributed by atoms with Crippen LogP contribution in [0.1, 0.15) is 36.0 Å². The van der Waals surface area contributed by atoms with E-state index in [1.54, 1.807) is 12.1 Å². The van der Waals surface area contributed by atoms with Gasteiger partial charge in [0, 0.05) is 18.7 Å². The van der Waals surface area contributed by atoms with Crippen LogP contribution in [0.2, 0.25) is 0 Å². The van der Waals surface area contributed by atoms with Gasteiger partial charge in [-0.15, -0.1) is 10.2 Å². The minimum absolute atomic E-state index is 0.0206. The highest BCUT2D eigenvalue weighted by atomic mass is 19.2. The van der Waals surface area contributed by atoms with Crippen molar-refractivity contribution in [3.63, 3.8) is 0 Å². The minimum atomic E-state index is -1.06. The topological polar surface area (TPSA) is 58.1 Å². The largest absolute Gasteiger partial charge is 0.355 e. The molecule has 0 aliphatic carbocycles. The summed E-state index contributed by atoms with van der Waals surface area (Å²) in [7, 11) is 0. The van der Waals surface area contributed by atoms with Crippen LogP contribution in [0, 0.1) is 11.6 Å². The summed E-state index contributed by atoms with van der Waals surface area (Å²) in [5, 5.41) is 10.7. The lowest BCUT2D eigenvalue weighted by molar-refractivity contribution is 0.102. The van der Waals surface area contributed by atoms with Gasteiger partial charge >= 0.3 is 0 Å². The van der Waals surface area contributed by atoms with E-state index in [1.165, 1.54) is 18.9 Å². The molecule has 1 aliphatic heterocycles. The smallest absolute Gasteiger partial charge is 0.256 e. The number of benzene rings is 1. The van der Waals surface area contributed by atoms with Crippen molar-refractivity contribution in [2.45, 2.75) is 25.7 Å². The van der Waals surface area contributed by atoms with Gasteiger partial charge in [-0.05, 0) is 43.2 Å². The SMILES string of the molecule is O=C(Nc1ccc(N2CCCCCC2)nn1)c1ccc(F)c(F)c1. The number of rotatable bonds is 3. The first kappa shape index (κ1) is 16.3. The van der Waals surface area contributed by atoms with Gasteiger partial charge < -0.3 is 10.2 Å². The molecule has 1 aliphatic rings. The lowest BCUT2D eigenvalue weighted by Crippen LogP contribution is -2.25. The van der Waals surface area contributed by atoms with Crippen molar-refractivity contribution in [3.05, 3.63) is 47.5 Å². The van der Waals surface area contributed by atoms with Crippen molar-refractivity contribution < 1.29 is 13.6 Å². The number of aromatic nitrogens is 2. The number of halogens is 2. The quantitative estimate of drug-likeness (QED) is 0.936. The Morgan fingerprint density at radius 2 is 1.71 bits per heavy atom. The van der Waals surface area contributed by atoms with Crippen LogP contribution in [-0.2, 0) is 0 Å². The molecule has 5 nitrogen and oxygen atoms in total. The van der Waals surface area contributed by atoms with E-state index in [4.69, 9.17) is 0 Å². The Balaban J connectivity index is 1.67. The van der Waals surface area contributed by atoms with E-state index in [0.717, 1.165) is 43.9 Å². The van der Waals surface area contributed by atoms with Gasteiger partial charge in [0.05, 0.1) is 0 Å². The second-order valence-electron chi connectivity index (χ2n) is 5.76. The average molecular weight is 332 g/mol. The van der Waals surface area contributed by atoms with Gasteiger partial charge in [0.25, 0.3) is 5.91 Å². The molecular weight excluding hydrogens is 314 g/mol. The highest BCUT2D eigenvalue weighted by Gasteiger charge is 2.13. The van der Waals surface area contributed by atoms with Crippen molar-refractivity contribution in [3.8, 4) is 0 Å². The predicted molar refractivity (Wildman–Crippen MR) is 87.0 cm³/mol. The Morgan fingerprint density at radius 1 is 0.958 bits per heavy atom. The number of nitrogens with one attached hydrogen (secondary N) is 1. The van der Waals surface area contributed by atoms with Crippen molar-refractivity contribution in [2.24, 2.45) is 0 Å². The number of anilines is 2. The summed E-state index contributed by atoms with van der Waals surface area (Å²) in [5.41, 5.74) is 0.0206. The molecule has 1 fully saturated rings. The maximum Gasteiger partial charge on any atom is 0.256 e. The van der Waals surface area contributed by atoms with Gasteiger partial charge in [0.1, 0.15) is 0 Å². The lowest BCUT2D eigenvalue weighted by atomic mass is 10.2. The molecule has 126 valence electrons. The van der Waals surface area contributed by atoms with E-state index >= 15 is 0 Å². The van der Waals surface area contributed by atoms with Gasteiger partial charge in [-0.25, -0.2) is 8.78 Å². The Bertz CT molecular complexity index is 713. The molecule has 1 aromatic heterocycles. The van der Waals surface area contributed by atoms with Crippen LogP contribution in [0.3, 0.4) is 0 Å². The number of carbonyl (C=O) groups excluding carboxylic acids is 1. The fourth-order valence-electron chi connectivity index (χ4n) is 2.69. The van der Waals surface area contributed by atoms with Gasteiger partial charge in [0.15, 0.2) is 23.3 Å². The van der Waals surface area contributed by atoms with Crippen LogP contribution in [0.5, 0.6) is 0 Å². The summed E-state index contributed by atoms with van der Waals surface area (Å²) >= 11 is 0. The molecule has 1 amide bonds. The van der Waals surface area contributed by atoms with Gasteiger partial charge in [-0.1, -0.05) is 12.8 Å². The molecule has 7 heteroatoms. The molecular formula is C17H18F2N4O. The standard InChI is InChI=1S/C17H18F2N4O/c18-13-6-5-12(11-14(13)19)17(24)20-15-7-8-16(22-21-15)23-9-3-1-2-4-10-23/h5-8,11H,1-4,9-10H2,(H,20,21,24). The van der Waals surface area contributed by atoms with Crippen LogP contribution in [0.25, 0.3) is 0 Å². The van der Waals surface area contributed by atoms with E-state index in [1.807, 2.05) is 0 Å². The highest BCUT2D eigenvalue weighted by Crippen LogP contribution is 2.18. The first-order valence-electron chi connectivity index (χ1n) is 7.98. The molecule has 2 aromatic rings. The summed E-state index contributed by atoms with van der Waals surface area (Å²) < 4.78 is 26.1. The molecule has 1 aromatic carbocycles. The number of amides is 1. The van der Waals surface area contributed by atoms with Gasteiger partial charge in [-0.2, -0.15) is 0 Å². The molecule has 1 N–H and O–H groups in total. The Morgan fingerprint density at radius 3 is 2.33 bits per heavy atom. The van der Waals surface area contributed by atoms with Gasteiger partial charge in [-0.3, -0.25) is 4.79 Å². The van der Waals surface area contributed by atoms with Crippen LogP contribution >= 0.6 is 0 Å². The third-order valence-electron chi connectivity index (χ3n) is 4.00. The second-order valence-corrected chi connectivity index (χ2v) is 5.76. The second kappa shape index (κ2) is 7.33. The number of nitrogens with zero attached hydrogens (tertiary/aromatic N) is 3. The Kier molecular flexibility index (Phi) is 4.98. The van der Waals surface area contributed by atoms with Crippen molar-refractivity contribution in [1.82, 2.24) is 10.2 Å². The third-order valence-corrected chi connectivity index (χ3v) is 4.00. The molecule has 0 bridgehead atoms. The van der Waals surface area contributed by atoms with E-state index in [0.29, 0.717) is 0 Å². The molecule has 3 rings (SSSR count). The molecule has 2 heterocycles. The van der Waals surface area contributed by atoms with E-state index in [2.05, 4.69) is 20.4 Å². The first-order chi connectivity index (χ1) is 11.6. The summed E-state index contributed by atoms with van der Waals surface area (Å²) in [5.74, 6) is -1.57. The van der Waals surface area contributed by atoms with Crippen molar-refractivity contribution in [1.29, 1.82) is 0 Å². The highest BCUT2D eigenvalue weighted by molar-refractivity contribution is 6.03. The minimum Gasteiger partial charge on any atom is -0.355 e. The zero-order valence-electron chi connectivity index (χ0n) is 13.1. The van der Waals surface area contributed by atoms with Crippen LogP contribution < -0.4 is 10.2 Å². The fraction of sp³-hybridized carbons (Fsp3) is 0.353. The first-order valence-corrected chi connectivity index (χ1v) is 7.98. The molecule has 1 saturated heterocycles. The zero-order chi connectivity index (χ0) is 16.9. The Labute approximate surface area is 138 Å². The predicted octanol–water partition coefficient (Wildman–Crippen LogP) is 3.39.